The molecule has 2 fully saturated rings. The molecule has 0 spiro atoms. The lowest BCUT2D eigenvalue weighted by atomic mass is 10.2. The van der Waals surface area contributed by atoms with Gasteiger partial charge in [0.1, 0.15) is 0 Å². The molecular weight excluding hydrogens is 332 g/mol. The molecule has 1 saturated heterocycles. The van der Waals surface area contributed by atoms with E-state index in [0.717, 1.165) is 53.2 Å². The average molecular weight is 351 g/mol. The molecule has 1 atom stereocenters. The van der Waals surface area contributed by atoms with E-state index < -0.39 is 0 Å². The van der Waals surface area contributed by atoms with E-state index in [1.165, 1.54) is 0 Å². The molecule has 1 aliphatic carbocycles. The van der Waals surface area contributed by atoms with Crippen LogP contribution in [0.4, 0.5) is 5.13 Å². The van der Waals surface area contributed by atoms with E-state index in [9.17, 15) is 4.79 Å². The van der Waals surface area contributed by atoms with Crippen molar-refractivity contribution >= 4 is 44.2 Å². The van der Waals surface area contributed by atoms with Gasteiger partial charge in [0.05, 0.1) is 22.9 Å². The number of thiazole rings is 1. The van der Waals surface area contributed by atoms with Crippen LogP contribution in [0.25, 0.3) is 10.2 Å². The summed E-state index contributed by atoms with van der Waals surface area (Å²) >= 11 is 7.70. The minimum absolute atomic E-state index is 0.134. The van der Waals surface area contributed by atoms with Gasteiger partial charge in [0, 0.05) is 17.5 Å². The van der Waals surface area contributed by atoms with E-state index >= 15 is 0 Å². The van der Waals surface area contributed by atoms with Gasteiger partial charge in [-0.15, -0.1) is 0 Å². The fourth-order valence-corrected chi connectivity index (χ4v) is 4.50. The minimum Gasteiger partial charge on any atom is -0.376 e. The number of carbonyl (C=O) groups excluding carboxylic acids is 1. The molecule has 0 radical (unpaired) electrons. The zero-order chi connectivity index (χ0) is 16.0. The number of hydrogen-bond acceptors (Lipinski definition) is 4. The fraction of sp³-hybridized carbons (Fsp3) is 0.529. The third kappa shape index (κ3) is 3.10. The first-order valence-electron chi connectivity index (χ1n) is 8.11. The predicted octanol–water partition coefficient (Wildman–Crippen LogP) is 4.18. The highest BCUT2D eigenvalue weighted by molar-refractivity contribution is 7.22. The van der Waals surface area contributed by atoms with Crippen molar-refractivity contribution in [1.82, 2.24) is 4.98 Å². The topological polar surface area (TPSA) is 42.4 Å². The maximum Gasteiger partial charge on any atom is 0.231 e. The molecule has 1 aromatic carbocycles. The SMILES string of the molecule is Cc1cc(Cl)cc2sc(N(CC3CCCO3)C(=O)C3CC3)nc12. The Hall–Kier alpha value is -1.17. The van der Waals surface area contributed by atoms with Crippen molar-refractivity contribution in [3.05, 3.63) is 22.7 Å². The zero-order valence-electron chi connectivity index (χ0n) is 13.0. The summed E-state index contributed by atoms with van der Waals surface area (Å²) in [4.78, 5) is 19.3. The molecule has 0 N–H and O–H groups in total. The third-order valence-corrected chi connectivity index (χ3v) is 5.72. The number of aromatic nitrogens is 1. The third-order valence-electron chi connectivity index (χ3n) is 4.47. The lowest BCUT2D eigenvalue weighted by molar-refractivity contribution is -0.120. The number of anilines is 1. The van der Waals surface area contributed by atoms with Crippen LogP contribution >= 0.6 is 22.9 Å². The quantitative estimate of drug-likeness (QED) is 0.830. The number of halogens is 1. The number of nitrogens with zero attached hydrogens (tertiary/aromatic N) is 2. The Labute approximate surface area is 144 Å². The number of carbonyl (C=O) groups is 1. The van der Waals surface area contributed by atoms with Crippen LogP contribution in [-0.2, 0) is 9.53 Å². The molecule has 1 unspecified atom stereocenters. The van der Waals surface area contributed by atoms with E-state index in [-0.39, 0.29) is 17.9 Å². The van der Waals surface area contributed by atoms with Crippen LogP contribution in [0.5, 0.6) is 0 Å². The van der Waals surface area contributed by atoms with Crippen molar-refractivity contribution in [3.63, 3.8) is 0 Å². The highest BCUT2D eigenvalue weighted by atomic mass is 35.5. The maximum absolute atomic E-state index is 12.7. The van der Waals surface area contributed by atoms with Gasteiger partial charge in [-0.05, 0) is 50.3 Å². The predicted molar refractivity (Wildman–Crippen MR) is 93.4 cm³/mol. The van der Waals surface area contributed by atoms with E-state index in [4.69, 9.17) is 21.3 Å². The second-order valence-corrected chi connectivity index (χ2v) is 7.87. The van der Waals surface area contributed by atoms with Crippen molar-refractivity contribution in [2.75, 3.05) is 18.1 Å². The summed E-state index contributed by atoms with van der Waals surface area (Å²) in [6, 6.07) is 3.84. The second-order valence-electron chi connectivity index (χ2n) is 6.42. The second kappa shape index (κ2) is 6.04. The molecule has 4 rings (SSSR count). The molecule has 1 aliphatic heterocycles. The molecule has 2 heterocycles. The van der Waals surface area contributed by atoms with Crippen molar-refractivity contribution in [1.29, 1.82) is 0 Å². The molecule has 1 amide bonds. The molecule has 2 aromatic rings. The van der Waals surface area contributed by atoms with Gasteiger partial charge in [-0.1, -0.05) is 22.9 Å². The average Bonchev–Trinajstić information content (AvgIpc) is 3.06. The van der Waals surface area contributed by atoms with E-state index in [1.807, 2.05) is 24.0 Å². The van der Waals surface area contributed by atoms with Crippen molar-refractivity contribution < 1.29 is 9.53 Å². The summed E-state index contributed by atoms with van der Waals surface area (Å²) in [5.41, 5.74) is 1.99. The zero-order valence-corrected chi connectivity index (χ0v) is 14.6. The van der Waals surface area contributed by atoms with E-state index in [0.29, 0.717) is 11.6 Å². The first-order chi connectivity index (χ1) is 11.1. The van der Waals surface area contributed by atoms with Crippen LogP contribution in [0.1, 0.15) is 31.2 Å². The first-order valence-corrected chi connectivity index (χ1v) is 9.31. The summed E-state index contributed by atoms with van der Waals surface area (Å²) in [7, 11) is 0. The number of benzene rings is 1. The first kappa shape index (κ1) is 15.4. The summed E-state index contributed by atoms with van der Waals surface area (Å²) < 4.78 is 6.77. The number of hydrogen-bond donors (Lipinski definition) is 0. The van der Waals surface area contributed by atoms with Gasteiger partial charge in [0.2, 0.25) is 5.91 Å². The van der Waals surface area contributed by atoms with Crippen molar-refractivity contribution in [2.24, 2.45) is 5.92 Å². The largest absolute Gasteiger partial charge is 0.376 e. The van der Waals surface area contributed by atoms with Crippen LogP contribution in [0.15, 0.2) is 12.1 Å². The normalized spacial score (nSPS) is 21.0. The number of fused-ring (bicyclic) bond motifs is 1. The van der Waals surface area contributed by atoms with E-state index in [1.54, 1.807) is 11.3 Å². The molecule has 0 bridgehead atoms. The molecule has 2 aliphatic rings. The smallest absolute Gasteiger partial charge is 0.231 e. The maximum atomic E-state index is 12.7. The van der Waals surface area contributed by atoms with Crippen LogP contribution in [-0.4, -0.2) is 30.1 Å². The molecule has 6 heteroatoms. The summed E-state index contributed by atoms with van der Waals surface area (Å²) in [6.45, 7) is 3.41. The number of ether oxygens (including phenoxy) is 1. The van der Waals surface area contributed by atoms with E-state index in [2.05, 4.69) is 0 Å². The number of amides is 1. The highest BCUT2D eigenvalue weighted by Crippen LogP contribution is 2.37. The van der Waals surface area contributed by atoms with Gasteiger partial charge in [0.15, 0.2) is 5.13 Å². The Bertz CT molecular complexity index is 750. The van der Waals surface area contributed by atoms with Gasteiger partial charge in [-0.25, -0.2) is 4.98 Å². The summed E-state index contributed by atoms with van der Waals surface area (Å²) in [6.07, 6.45) is 4.22. The summed E-state index contributed by atoms with van der Waals surface area (Å²) in [5.74, 6) is 0.372. The Morgan fingerprint density at radius 1 is 1.43 bits per heavy atom. The van der Waals surface area contributed by atoms with Crippen LogP contribution in [0.2, 0.25) is 5.02 Å². The monoisotopic (exact) mass is 350 g/mol. The molecule has 1 aromatic heterocycles. The van der Waals surface area contributed by atoms with Crippen molar-refractivity contribution in [2.45, 2.75) is 38.7 Å². The lowest BCUT2D eigenvalue weighted by Gasteiger charge is -2.23. The van der Waals surface area contributed by atoms with Crippen LogP contribution < -0.4 is 4.90 Å². The number of aryl methyl sites for hydroxylation is 1. The molecular formula is C17H19ClN2O2S. The lowest BCUT2D eigenvalue weighted by Crippen LogP contribution is -2.38. The van der Waals surface area contributed by atoms with Crippen LogP contribution in [0, 0.1) is 12.8 Å². The molecule has 122 valence electrons. The van der Waals surface area contributed by atoms with Gasteiger partial charge >= 0.3 is 0 Å². The van der Waals surface area contributed by atoms with Gasteiger partial charge in [0.25, 0.3) is 0 Å². The minimum atomic E-state index is 0.134. The van der Waals surface area contributed by atoms with Crippen LogP contribution in [0.3, 0.4) is 0 Å². The van der Waals surface area contributed by atoms with Crippen molar-refractivity contribution in [3.8, 4) is 0 Å². The Morgan fingerprint density at radius 3 is 2.96 bits per heavy atom. The van der Waals surface area contributed by atoms with Gasteiger partial charge in [-0.2, -0.15) is 0 Å². The Balaban J connectivity index is 1.69. The Kier molecular flexibility index (Phi) is 4.03. The summed E-state index contributed by atoms with van der Waals surface area (Å²) in [5, 5.41) is 1.49. The molecule has 23 heavy (non-hydrogen) atoms. The Morgan fingerprint density at radius 2 is 2.26 bits per heavy atom. The molecule has 1 saturated carbocycles. The molecule has 4 nitrogen and oxygen atoms in total. The number of rotatable bonds is 4. The standard InChI is InChI=1S/C17H19ClN2O2S/c1-10-7-12(18)8-14-15(10)19-17(23-14)20(16(21)11-4-5-11)9-13-3-2-6-22-13/h7-8,11,13H,2-6,9H2,1H3. The fourth-order valence-electron chi connectivity index (χ4n) is 3.06. The van der Waals surface area contributed by atoms with Gasteiger partial charge < -0.3 is 4.74 Å². The van der Waals surface area contributed by atoms with Gasteiger partial charge in [-0.3, -0.25) is 9.69 Å². The highest BCUT2D eigenvalue weighted by Gasteiger charge is 2.36.